The number of aliphatic hydroxyl groups is 1. The topological polar surface area (TPSA) is 63.4 Å². The van der Waals surface area contributed by atoms with E-state index < -0.39 is 4.92 Å². The molecular formula is C8H10ClNO3. The Morgan fingerprint density at radius 2 is 1.85 bits per heavy atom. The Hall–Kier alpha value is -1.13. The Labute approximate surface area is 80.9 Å². The molecule has 0 aromatic heterocycles. The minimum Gasteiger partial charge on any atom is -0.400 e. The zero-order chi connectivity index (χ0) is 10.3. The number of benzene rings is 1. The molecule has 0 saturated carbocycles. The first-order valence-corrected chi connectivity index (χ1v) is 4.01. The van der Waals surface area contributed by atoms with Crippen LogP contribution in [0.3, 0.4) is 0 Å². The quantitative estimate of drug-likeness (QED) is 0.454. The van der Waals surface area contributed by atoms with Crippen molar-refractivity contribution in [1.82, 2.24) is 0 Å². The van der Waals surface area contributed by atoms with Crippen molar-refractivity contribution in [2.24, 2.45) is 0 Å². The molecule has 1 aromatic carbocycles. The largest absolute Gasteiger partial charge is 0.400 e. The fourth-order valence-corrected chi connectivity index (χ4v) is 0.885. The standard InChI is InChI=1S/C7H6ClNO2.CH4O/c8-5-6-1-3-7(4-2-6)9(10)11;1-2/h1-4H,5H2;2H,1H3. The van der Waals surface area contributed by atoms with Crippen molar-refractivity contribution in [2.75, 3.05) is 7.11 Å². The van der Waals surface area contributed by atoms with Crippen molar-refractivity contribution in [3.05, 3.63) is 39.9 Å². The maximum Gasteiger partial charge on any atom is 0.269 e. The Morgan fingerprint density at radius 3 is 2.15 bits per heavy atom. The van der Waals surface area contributed by atoms with Crippen LogP contribution in [0.2, 0.25) is 0 Å². The fraction of sp³-hybridized carbons (Fsp3) is 0.250. The molecule has 1 aromatic rings. The number of nitrogens with zero attached hydrogens (tertiary/aromatic N) is 1. The zero-order valence-corrected chi connectivity index (χ0v) is 7.86. The summed E-state index contributed by atoms with van der Waals surface area (Å²) in [5.41, 5.74) is 0.983. The van der Waals surface area contributed by atoms with Crippen LogP contribution < -0.4 is 0 Å². The van der Waals surface area contributed by atoms with Crippen LogP contribution in [0.25, 0.3) is 0 Å². The molecule has 0 heterocycles. The smallest absolute Gasteiger partial charge is 0.269 e. The fourth-order valence-electron chi connectivity index (χ4n) is 0.707. The summed E-state index contributed by atoms with van der Waals surface area (Å²) >= 11 is 5.49. The number of alkyl halides is 1. The van der Waals surface area contributed by atoms with Gasteiger partial charge in [-0.3, -0.25) is 10.1 Å². The van der Waals surface area contributed by atoms with Gasteiger partial charge >= 0.3 is 0 Å². The van der Waals surface area contributed by atoms with E-state index in [1.165, 1.54) is 12.1 Å². The van der Waals surface area contributed by atoms with Crippen LogP contribution in [0.4, 0.5) is 5.69 Å². The highest BCUT2D eigenvalue weighted by molar-refractivity contribution is 6.17. The second-order valence-electron chi connectivity index (χ2n) is 2.06. The molecule has 0 atom stereocenters. The molecule has 0 spiro atoms. The lowest BCUT2D eigenvalue weighted by atomic mass is 10.2. The molecule has 1 N–H and O–H groups in total. The maximum atomic E-state index is 10.2. The number of halogens is 1. The van der Waals surface area contributed by atoms with Crippen LogP contribution in [-0.2, 0) is 5.88 Å². The SMILES string of the molecule is CO.O=[N+]([O-])c1ccc(CCl)cc1. The minimum atomic E-state index is -0.433. The number of nitro benzene ring substituents is 1. The van der Waals surface area contributed by atoms with E-state index in [2.05, 4.69) is 0 Å². The van der Waals surface area contributed by atoms with Crippen LogP contribution in [0, 0.1) is 10.1 Å². The first-order chi connectivity index (χ1) is 6.24. The molecule has 0 bridgehead atoms. The van der Waals surface area contributed by atoms with Crippen molar-refractivity contribution in [3.63, 3.8) is 0 Å². The molecule has 0 unspecified atom stereocenters. The summed E-state index contributed by atoms with van der Waals surface area (Å²) in [7, 11) is 1.00. The van der Waals surface area contributed by atoms with Crippen molar-refractivity contribution in [3.8, 4) is 0 Å². The second-order valence-corrected chi connectivity index (χ2v) is 2.32. The number of rotatable bonds is 2. The number of hydrogen-bond acceptors (Lipinski definition) is 3. The highest BCUT2D eigenvalue weighted by Crippen LogP contribution is 2.12. The Kier molecular flexibility index (Phi) is 5.84. The normalized spacial score (nSPS) is 8.54. The molecule has 5 heteroatoms. The monoisotopic (exact) mass is 203 g/mol. The van der Waals surface area contributed by atoms with Crippen LogP contribution in [-0.4, -0.2) is 17.1 Å². The average molecular weight is 204 g/mol. The number of hydrogen-bond donors (Lipinski definition) is 1. The molecule has 0 amide bonds. The van der Waals surface area contributed by atoms with Gasteiger partial charge in [-0.1, -0.05) is 12.1 Å². The van der Waals surface area contributed by atoms with Gasteiger partial charge in [-0.25, -0.2) is 0 Å². The summed E-state index contributed by atoms with van der Waals surface area (Å²) in [5, 5.41) is 17.2. The Morgan fingerprint density at radius 1 is 1.38 bits per heavy atom. The van der Waals surface area contributed by atoms with E-state index in [1.807, 2.05) is 0 Å². The Balaban J connectivity index is 0.000000671. The first-order valence-electron chi connectivity index (χ1n) is 3.48. The maximum absolute atomic E-state index is 10.2. The van der Waals surface area contributed by atoms with E-state index >= 15 is 0 Å². The number of nitro groups is 1. The molecular weight excluding hydrogens is 194 g/mol. The predicted octanol–water partition coefficient (Wildman–Crippen LogP) is 1.94. The highest BCUT2D eigenvalue weighted by atomic mass is 35.5. The third-order valence-electron chi connectivity index (χ3n) is 1.30. The average Bonchev–Trinajstić information content (AvgIpc) is 2.21. The van der Waals surface area contributed by atoms with Crippen LogP contribution in [0.1, 0.15) is 5.56 Å². The first kappa shape index (κ1) is 11.9. The van der Waals surface area contributed by atoms with Crippen LogP contribution in [0.15, 0.2) is 24.3 Å². The van der Waals surface area contributed by atoms with Gasteiger partial charge in [0.15, 0.2) is 0 Å². The number of aliphatic hydroxyl groups excluding tert-OH is 1. The number of non-ortho nitro benzene ring substituents is 1. The molecule has 4 nitrogen and oxygen atoms in total. The summed E-state index contributed by atoms with van der Waals surface area (Å²) in [6.45, 7) is 0. The van der Waals surface area contributed by atoms with Gasteiger partial charge in [0.2, 0.25) is 0 Å². The highest BCUT2D eigenvalue weighted by Gasteiger charge is 2.02. The summed E-state index contributed by atoms with van der Waals surface area (Å²) in [5.74, 6) is 0.387. The molecule has 0 radical (unpaired) electrons. The van der Waals surface area contributed by atoms with Gasteiger partial charge in [0.25, 0.3) is 5.69 Å². The van der Waals surface area contributed by atoms with Crippen molar-refractivity contribution in [2.45, 2.75) is 5.88 Å². The molecule has 1 rings (SSSR count). The predicted molar refractivity (Wildman–Crippen MR) is 50.8 cm³/mol. The molecule has 72 valence electrons. The minimum absolute atomic E-state index is 0.0962. The van der Waals surface area contributed by atoms with Gasteiger partial charge in [-0.2, -0.15) is 0 Å². The van der Waals surface area contributed by atoms with Crippen LogP contribution >= 0.6 is 11.6 Å². The van der Waals surface area contributed by atoms with Gasteiger partial charge in [0, 0.05) is 25.1 Å². The van der Waals surface area contributed by atoms with Gasteiger partial charge in [-0.05, 0) is 5.56 Å². The van der Waals surface area contributed by atoms with E-state index in [4.69, 9.17) is 16.7 Å². The molecule has 0 fully saturated rings. The third-order valence-corrected chi connectivity index (χ3v) is 1.61. The zero-order valence-electron chi connectivity index (χ0n) is 7.11. The third kappa shape index (κ3) is 3.87. The summed E-state index contributed by atoms with van der Waals surface area (Å²) in [6.07, 6.45) is 0. The van der Waals surface area contributed by atoms with Gasteiger partial charge in [0.1, 0.15) is 0 Å². The van der Waals surface area contributed by atoms with Gasteiger partial charge < -0.3 is 5.11 Å². The van der Waals surface area contributed by atoms with E-state index in [1.54, 1.807) is 12.1 Å². The molecule has 0 aliphatic rings. The molecule has 0 aliphatic heterocycles. The van der Waals surface area contributed by atoms with Crippen molar-refractivity contribution in [1.29, 1.82) is 0 Å². The van der Waals surface area contributed by atoms with E-state index in [-0.39, 0.29) is 5.69 Å². The van der Waals surface area contributed by atoms with Crippen LogP contribution in [0.5, 0.6) is 0 Å². The van der Waals surface area contributed by atoms with Crippen molar-refractivity contribution < 1.29 is 10.0 Å². The molecule has 0 saturated heterocycles. The van der Waals surface area contributed by atoms with Crippen molar-refractivity contribution >= 4 is 17.3 Å². The van der Waals surface area contributed by atoms with Gasteiger partial charge in [-0.15, -0.1) is 11.6 Å². The lowest BCUT2D eigenvalue weighted by molar-refractivity contribution is -0.384. The molecule has 13 heavy (non-hydrogen) atoms. The molecule has 0 aliphatic carbocycles. The lowest BCUT2D eigenvalue weighted by Crippen LogP contribution is -1.87. The van der Waals surface area contributed by atoms with Gasteiger partial charge in [0.05, 0.1) is 4.92 Å². The summed E-state index contributed by atoms with van der Waals surface area (Å²) in [6, 6.07) is 6.17. The van der Waals surface area contributed by atoms with E-state index in [0.29, 0.717) is 5.88 Å². The second kappa shape index (κ2) is 6.39. The summed E-state index contributed by atoms with van der Waals surface area (Å²) < 4.78 is 0. The Bertz CT molecular complexity index is 261. The summed E-state index contributed by atoms with van der Waals surface area (Å²) in [4.78, 5) is 9.74. The van der Waals surface area contributed by atoms with E-state index in [9.17, 15) is 10.1 Å². The lowest BCUT2D eigenvalue weighted by Gasteiger charge is -1.92. The van der Waals surface area contributed by atoms with E-state index in [0.717, 1.165) is 12.7 Å².